The maximum atomic E-state index is 13.2. The van der Waals surface area contributed by atoms with Gasteiger partial charge in [-0.3, -0.25) is 14.8 Å². The van der Waals surface area contributed by atoms with Crippen LogP contribution in [0.3, 0.4) is 0 Å². The first-order chi connectivity index (χ1) is 16.2. The van der Waals surface area contributed by atoms with Gasteiger partial charge in [-0.1, -0.05) is 0 Å². The summed E-state index contributed by atoms with van der Waals surface area (Å²) in [6, 6.07) is 5.51. The van der Waals surface area contributed by atoms with Crippen molar-refractivity contribution in [3.63, 3.8) is 0 Å². The lowest BCUT2D eigenvalue weighted by Gasteiger charge is -2.50. The molecule has 9 heteroatoms. The third-order valence-electron chi connectivity index (χ3n) is 6.66. The van der Waals surface area contributed by atoms with Gasteiger partial charge in [0.1, 0.15) is 11.9 Å². The number of amides is 1. The first-order valence-corrected chi connectivity index (χ1v) is 11.9. The molecule has 1 aromatic carbocycles. The summed E-state index contributed by atoms with van der Waals surface area (Å²) in [7, 11) is 0. The van der Waals surface area contributed by atoms with Crippen LogP contribution in [0.2, 0.25) is 0 Å². The van der Waals surface area contributed by atoms with Crippen molar-refractivity contribution in [2.45, 2.75) is 64.8 Å². The van der Waals surface area contributed by atoms with Crippen molar-refractivity contribution >= 4 is 5.91 Å². The maximum absolute atomic E-state index is 13.2. The topological polar surface area (TPSA) is 70.7 Å². The van der Waals surface area contributed by atoms with Gasteiger partial charge in [0, 0.05) is 33.2 Å². The summed E-state index contributed by atoms with van der Waals surface area (Å²) in [5.41, 5.74) is 2.75. The number of benzene rings is 1. The predicted octanol–water partition coefficient (Wildman–Crippen LogP) is 4.37. The van der Waals surface area contributed by atoms with Crippen LogP contribution in [0, 0.1) is 13.8 Å². The number of aromatic nitrogens is 2. The molecule has 1 atom stereocenters. The number of hydrogen-bond donors (Lipinski definition) is 1. The van der Waals surface area contributed by atoms with Crippen molar-refractivity contribution in [2.24, 2.45) is 0 Å². The standard InChI is InChI=1S/C25H34F2N4O3.H2/c1-16(2)33-20-6-5-19(11-17(20)3)24(32)31-9-7-25(8-10-31)15-30(14-22(26)27)13-21(34-25)23-18(4)12-28-29-23;/h5-6,11-12,16,21-22H,7-10,13-15H2,1-4H3,(H,28,29);1H. The van der Waals surface area contributed by atoms with Crippen LogP contribution in [0.4, 0.5) is 8.78 Å². The predicted molar refractivity (Wildman–Crippen MR) is 127 cm³/mol. The number of halogens is 2. The van der Waals surface area contributed by atoms with Crippen LogP contribution in [-0.4, -0.2) is 76.8 Å². The van der Waals surface area contributed by atoms with E-state index in [4.69, 9.17) is 9.47 Å². The quantitative estimate of drug-likeness (QED) is 0.668. The highest BCUT2D eigenvalue weighted by atomic mass is 19.3. The Kier molecular flexibility index (Phi) is 7.23. The number of piperidine rings is 1. The average molecular weight is 479 g/mol. The van der Waals surface area contributed by atoms with Crippen LogP contribution in [0.1, 0.15) is 61.4 Å². The molecule has 34 heavy (non-hydrogen) atoms. The zero-order valence-corrected chi connectivity index (χ0v) is 20.3. The number of carbonyl (C=O) groups excluding carboxylic acids is 1. The van der Waals surface area contributed by atoms with Crippen LogP contribution in [0.5, 0.6) is 5.75 Å². The normalized spacial score (nSPS) is 20.9. The van der Waals surface area contributed by atoms with Gasteiger partial charge in [-0.05, 0) is 69.9 Å². The number of H-pyrrole nitrogens is 1. The number of hydrogen-bond acceptors (Lipinski definition) is 5. The van der Waals surface area contributed by atoms with E-state index in [1.54, 1.807) is 17.2 Å². The molecule has 0 radical (unpaired) electrons. The SMILES string of the molecule is Cc1cc(C(=O)N2CCC3(CC2)CN(CC(F)F)CC(c2[nH]ncc2C)O3)ccc1OC(C)C.[HH]. The Morgan fingerprint density at radius 2 is 2.03 bits per heavy atom. The highest BCUT2D eigenvalue weighted by Gasteiger charge is 2.45. The summed E-state index contributed by atoms with van der Waals surface area (Å²) < 4.78 is 38.8. The second-order valence-electron chi connectivity index (χ2n) is 9.78. The van der Waals surface area contributed by atoms with Crippen LogP contribution in [0.15, 0.2) is 24.4 Å². The van der Waals surface area contributed by atoms with E-state index in [-0.39, 0.29) is 26.1 Å². The number of carbonyl (C=O) groups is 1. The van der Waals surface area contributed by atoms with Crippen molar-refractivity contribution in [1.29, 1.82) is 0 Å². The minimum absolute atomic E-state index is 0. The smallest absolute Gasteiger partial charge is 0.253 e. The molecular formula is C25H36F2N4O3. The summed E-state index contributed by atoms with van der Waals surface area (Å²) in [5.74, 6) is 0.745. The van der Waals surface area contributed by atoms with E-state index in [9.17, 15) is 13.6 Å². The third-order valence-corrected chi connectivity index (χ3v) is 6.66. The van der Waals surface area contributed by atoms with Gasteiger partial charge in [-0.15, -0.1) is 0 Å². The largest absolute Gasteiger partial charge is 0.491 e. The number of aryl methyl sites for hydroxylation is 2. The number of aromatic amines is 1. The van der Waals surface area contributed by atoms with E-state index in [0.717, 1.165) is 22.6 Å². The number of ether oxygens (including phenoxy) is 2. The monoisotopic (exact) mass is 478 g/mol. The van der Waals surface area contributed by atoms with E-state index in [1.165, 1.54) is 0 Å². The maximum Gasteiger partial charge on any atom is 0.253 e. The van der Waals surface area contributed by atoms with Gasteiger partial charge in [0.2, 0.25) is 0 Å². The van der Waals surface area contributed by atoms with Gasteiger partial charge in [0.15, 0.2) is 0 Å². The first kappa shape index (κ1) is 24.6. The average Bonchev–Trinajstić information content (AvgIpc) is 3.20. The molecule has 2 aromatic rings. The molecule has 1 N–H and O–H groups in total. The molecule has 1 amide bonds. The molecule has 3 heterocycles. The second kappa shape index (κ2) is 10.00. The Bertz CT molecular complexity index is 1010. The highest BCUT2D eigenvalue weighted by Crippen LogP contribution is 2.38. The van der Waals surface area contributed by atoms with Crippen molar-refractivity contribution in [3.05, 3.63) is 46.8 Å². The van der Waals surface area contributed by atoms with E-state index >= 15 is 0 Å². The van der Waals surface area contributed by atoms with Gasteiger partial charge in [0.25, 0.3) is 12.3 Å². The fraction of sp³-hybridized carbons (Fsp3) is 0.600. The molecule has 2 aliphatic heterocycles. The summed E-state index contributed by atoms with van der Waals surface area (Å²) in [6.45, 7) is 9.36. The van der Waals surface area contributed by atoms with Crippen LogP contribution < -0.4 is 4.74 Å². The lowest BCUT2D eigenvalue weighted by molar-refractivity contribution is -0.181. The third kappa shape index (κ3) is 5.41. The van der Waals surface area contributed by atoms with E-state index < -0.39 is 12.0 Å². The summed E-state index contributed by atoms with van der Waals surface area (Å²) >= 11 is 0. The fourth-order valence-corrected chi connectivity index (χ4v) is 4.99. The molecule has 0 aliphatic carbocycles. The van der Waals surface area contributed by atoms with E-state index in [2.05, 4.69) is 10.2 Å². The van der Waals surface area contributed by atoms with Crippen molar-refractivity contribution in [3.8, 4) is 5.75 Å². The molecule has 7 nitrogen and oxygen atoms in total. The van der Waals surface area contributed by atoms with Crippen LogP contribution >= 0.6 is 0 Å². The Morgan fingerprint density at radius 1 is 1.29 bits per heavy atom. The van der Waals surface area contributed by atoms with Crippen molar-refractivity contribution in [2.75, 3.05) is 32.7 Å². The number of nitrogens with zero attached hydrogens (tertiary/aromatic N) is 3. The van der Waals surface area contributed by atoms with Gasteiger partial charge in [0.05, 0.1) is 30.1 Å². The molecular weight excluding hydrogens is 442 g/mol. The molecule has 1 unspecified atom stereocenters. The van der Waals surface area contributed by atoms with Crippen LogP contribution in [0.25, 0.3) is 0 Å². The molecule has 1 spiro atoms. The summed E-state index contributed by atoms with van der Waals surface area (Å²) in [6.07, 6.45) is 0.205. The Hall–Kier alpha value is -2.52. The molecule has 188 valence electrons. The zero-order chi connectivity index (χ0) is 24.5. The van der Waals surface area contributed by atoms with Crippen molar-refractivity contribution < 1.29 is 24.5 Å². The number of nitrogens with one attached hydrogen (secondary N) is 1. The molecule has 4 rings (SSSR count). The zero-order valence-electron chi connectivity index (χ0n) is 20.3. The molecule has 2 aliphatic rings. The number of alkyl halides is 2. The first-order valence-electron chi connectivity index (χ1n) is 11.9. The number of rotatable bonds is 6. The highest BCUT2D eigenvalue weighted by molar-refractivity contribution is 5.94. The molecule has 0 saturated carbocycles. The lowest BCUT2D eigenvalue weighted by atomic mass is 9.87. The summed E-state index contributed by atoms with van der Waals surface area (Å²) in [5, 5.41) is 7.06. The van der Waals surface area contributed by atoms with Gasteiger partial charge in [-0.25, -0.2) is 8.78 Å². The Labute approximate surface area is 200 Å². The number of likely N-dealkylation sites (tertiary alicyclic amines) is 1. The minimum atomic E-state index is -2.41. The second-order valence-corrected chi connectivity index (χ2v) is 9.78. The summed E-state index contributed by atoms with van der Waals surface area (Å²) in [4.78, 5) is 16.8. The Balaban J connectivity index is 0.00000342. The molecule has 0 bridgehead atoms. The van der Waals surface area contributed by atoms with E-state index in [1.807, 2.05) is 44.7 Å². The van der Waals surface area contributed by atoms with Crippen LogP contribution in [-0.2, 0) is 4.74 Å². The minimum Gasteiger partial charge on any atom is -0.491 e. The van der Waals surface area contributed by atoms with E-state index in [0.29, 0.717) is 44.6 Å². The van der Waals surface area contributed by atoms with Gasteiger partial charge in [-0.2, -0.15) is 5.10 Å². The lowest BCUT2D eigenvalue weighted by Crippen LogP contribution is -2.58. The van der Waals surface area contributed by atoms with Gasteiger partial charge < -0.3 is 14.4 Å². The Morgan fingerprint density at radius 3 is 2.62 bits per heavy atom. The van der Waals surface area contributed by atoms with Gasteiger partial charge >= 0.3 is 0 Å². The molecule has 2 saturated heterocycles. The van der Waals surface area contributed by atoms with Crippen molar-refractivity contribution in [1.82, 2.24) is 20.0 Å². The molecule has 2 fully saturated rings. The fourth-order valence-electron chi connectivity index (χ4n) is 4.99. The molecule has 1 aromatic heterocycles. The number of morpholine rings is 1.